The Morgan fingerprint density at radius 1 is 0.400 bits per heavy atom. The third-order valence-corrected chi connectivity index (χ3v) is 5.62. The molecule has 0 N–H and O–H groups in total. The Kier molecular flexibility index (Phi) is 34.8. The van der Waals surface area contributed by atoms with Crippen LogP contribution >= 0.6 is 0 Å². The topological polar surface area (TPSA) is 79.6 Å². The van der Waals surface area contributed by atoms with Gasteiger partial charge in [0.15, 0.2) is 0 Å². The van der Waals surface area contributed by atoms with Crippen LogP contribution in [-0.4, -0.2) is 0 Å². The summed E-state index contributed by atoms with van der Waals surface area (Å²) in [6, 6.07) is 0. The Hall–Kier alpha value is -0.963. The van der Waals surface area contributed by atoms with E-state index in [2.05, 4.69) is 95.8 Å². The van der Waals surface area contributed by atoms with Gasteiger partial charge in [-0.25, -0.2) is 0 Å². The van der Waals surface area contributed by atoms with Gasteiger partial charge in [-0.2, -0.15) is 55.6 Å². The fourth-order valence-electron chi connectivity index (χ4n) is 2.81. The second-order valence-electron chi connectivity index (χ2n) is 6.25. The summed E-state index contributed by atoms with van der Waals surface area (Å²) in [5.41, 5.74) is 14.7. The van der Waals surface area contributed by atoms with Crippen molar-refractivity contribution in [3.63, 3.8) is 0 Å². The standard InChI is InChI=1S/2C10H15.4CO.2Mo/c2*1-6-7(2)9(4)10(5)8(6)3;4*1-2;;/h2*1-5H3;;;;;;/q2*-1;;;;;2*+3. The quantitative estimate of drug-likeness (QED) is 0.219. The molecule has 2 rings (SSSR count). The Labute approximate surface area is 211 Å². The molecule has 0 aliphatic carbocycles. The molecule has 0 aliphatic rings. The summed E-state index contributed by atoms with van der Waals surface area (Å²) < 4.78 is 30.0. The Morgan fingerprint density at radius 2 is 0.500 bits per heavy atom. The summed E-state index contributed by atoms with van der Waals surface area (Å²) in [4.78, 5) is 0. The molecule has 30 heavy (non-hydrogen) atoms. The maximum Gasteiger partial charge on any atom is 3.00 e. The molecular weight excluding hydrogens is 544 g/mol. The minimum absolute atomic E-state index is 0. The molecule has 2 radical (unpaired) electrons. The smallest absolute Gasteiger partial charge is 3.00 e. The van der Waals surface area contributed by atoms with Crippen LogP contribution in [0.1, 0.15) is 55.6 Å². The van der Waals surface area contributed by atoms with Gasteiger partial charge in [0.2, 0.25) is 0 Å². The van der Waals surface area contributed by atoms with Crippen LogP contribution in [0.25, 0.3) is 0 Å². The molecule has 0 atom stereocenters. The molecule has 0 aromatic heterocycles. The zero-order valence-electron chi connectivity index (χ0n) is 19.4. The average molecular weight is 574 g/mol. The van der Waals surface area contributed by atoms with Gasteiger partial charge >= 0.3 is 87.3 Å². The molecule has 4 nitrogen and oxygen atoms in total. The molecule has 2 aromatic rings. The average Bonchev–Trinajstić information content (AvgIpc) is 3.04. The predicted molar refractivity (Wildman–Crippen MR) is 107 cm³/mol. The van der Waals surface area contributed by atoms with E-state index in [9.17, 15) is 0 Å². The number of hydrogen-bond donors (Lipinski definition) is 0. The molecule has 0 spiro atoms. The minimum Gasteiger partial charge on any atom is 3.00 e. The van der Waals surface area contributed by atoms with Gasteiger partial charge in [-0.05, 0) is 0 Å². The Bertz CT molecular complexity index is 560. The second-order valence-corrected chi connectivity index (χ2v) is 6.25. The van der Waals surface area contributed by atoms with Crippen molar-refractivity contribution in [2.24, 2.45) is 0 Å². The second kappa shape index (κ2) is 24.3. The first-order valence-electron chi connectivity index (χ1n) is 8.32. The third kappa shape index (κ3) is 12.0. The van der Waals surface area contributed by atoms with Crippen LogP contribution in [0.15, 0.2) is 0 Å². The van der Waals surface area contributed by atoms with Crippen molar-refractivity contribution in [2.45, 2.75) is 69.2 Å². The van der Waals surface area contributed by atoms with Crippen LogP contribution in [-0.2, 0) is 60.7 Å². The summed E-state index contributed by atoms with van der Waals surface area (Å²) in [5, 5.41) is 0. The SMILES string of the molecule is Cc1c(C)c(C)[c-](C)c1C.Cc1c(C)c(C)[c-](C)c1C.[C-]#[O+].[C-]#[O+].[C-]#[O+].[C-]#[O+].[Mo+3].[Mo+3]. The molecule has 0 aliphatic heterocycles. The molecule has 0 bridgehead atoms. The zero-order chi connectivity index (χ0) is 23.8. The number of hydrogen-bond acceptors (Lipinski definition) is 0. The zero-order valence-corrected chi connectivity index (χ0v) is 23.5. The predicted octanol–water partition coefficient (Wildman–Crippen LogP) is 5.74. The molecule has 6 heteroatoms. The van der Waals surface area contributed by atoms with Gasteiger partial charge in [-0.3, -0.25) is 0 Å². The van der Waals surface area contributed by atoms with E-state index in [4.69, 9.17) is 18.6 Å². The van der Waals surface area contributed by atoms with Gasteiger partial charge in [0.1, 0.15) is 0 Å². The van der Waals surface area contributed by atoms with E-state index >= 15 is 0 Å². The van der Waals surface area contributed by atoms with Gasteiger partial charge in [0, 0.05) is 0 Å². The Balaban J connectivity index is -0.0000000686. The molecular formula is C24H30Mo2O4+4. The molecule has 0 saturated carbocycles. The van der Waals surface area contributed by atoms with Crippen LogP contribution in [0.5, 0.6) is 0 Å². The van der Waals surface area contributed by atoms with Crippen LogP contribution < -0.4 is 0 Å². The molecule has 0 saturated heterocycles. The van der Waals surface area contributed by atoms with Gasteiger partial charge in [-0.15, -0.1) is 0 Å². The maximum atomic E-state index is 7.50. The van der Waals surface area contributed by atoms with Gasteiger partial charge in [0.05, 0.1) is 0 Å². The Morgan fingerprint density at radius 3 is 0.533 bits per heavy atom. The summed E-state index contributed by atoms with van der Waals surface area (Å²) in [5.74, 6) is 0. The van der Waals surface area contributed by atoms with Crippen LogP contribution in [0.2, 0.25) is 0 Å². The maximum absolute atomic E-state index is 7.50. The van der Waals surface area contributed by atoms with E-state index in [1.54, 1.807) is 0 Å². The van der Waals surface area contributed by atoms with Crippen molar-refractivity contribution < 1.29 is 60.7 Å². The van der Waals surface area contributed by atoms with Gasteiger partial charge in [-0.1, -0.05) is 69.2 Å². The van der Waals surface area contributed by atoms with Crippen LogP contribution in [0.4, 0.5) is 0 Å². The van der Waals surface area contributed by atoms with E-state index in [-0.39, 0.29) is 42.1 Å². The molecule has 158 valence electrons. The van der Waals surface area contributed by atoms with E-state index in [1.165, 1.54) is 55.6 Å². The first-order chi connectivity index (χ1) is 13.1. The summed E-state index contributed by atoms with van der Waals surface area (Å²) >= 11 is 0. The van der Waals surface area contributed by atoms with Crippen LogP contribution in [0.3, 0.4) is 0 Å². The summed E-state index contributed by atoms with van der Waals surface area (Å²) in [6.45, 7) is 40.0. The monoisotopic (exact) mass is 578 g/mol. The van der Waals surface area contributed by atoms with Crippen molar-refractivity contribution in [1.29, 1.82) is 0 Å². The molecule has 0 amide bonds. The van der Waals surface area contributed by atoms with Crippen molar-refractivity contribution in [2.75, 3.05) is 0 Å². The fourth-order valence-corrected chi connectivity index (χ4v) is 2.81. The van der Waals surface area contributed by atoms with E-state index in [0.29, 0.717) is 0 Å². The first kappa shape index (κ1) is 43.0. The molecule has 2 aromatic carbocycles. The summed E-state index contributed by atoms with van der Waals surface area (Å²) in [6.07, 6.45) is 0. The largest absolute Gasteiger partial charge is 3.00 e. The summed E-state index contributed by atoms with van der Waals surface area (Å²) in [7, 11) is 0. The van der Waals surface area contributed by atoms with E-state index in [1.807, 2.05) is 0 Å². The van der Waals surface area contributed by atoms with Gasteiger partial charge in [0.25, 0.3) is 0 Å². The molecule has 0 unspecified atom stereocenters. The van der Waals surface area contributed by atoms with Crippen molar-refractivity contribution in [3.05, 3.63) is 82.2 Å². The first-order valence-corrected chi connectivity index (χ1v) is 8.32. The number of rotatable bonds is 0. The molecule has 0 heterocycles. The fraction of sp³-hybridized carbons (Fsp3) is 0.417. The minimum atomic E-state index is 0. The third-order valence-electron chi connectivity index (χ3n) is 5.62. The van der Waals surface area contributed by atoms with E-state index in [0.717, 1.165) is 0 Å². The van der Waals surface area contributed by atoms with Crippen LogP contribution in [0, 0.1) is 95.8 Å². The van der Waals surface area contributed by atoms with Crippen molar-refractivity contribution in [1.82, 2.24) is 0 Å². The molecule has 0 fully saturated rings. The normalized spacial score (nSPS) is 7.27. The van der Waals surface area contributed by atoms with Crippen molar-refractivity contribution >= 4 is 0 Å². The van der Waals surface area contributed by atoms with Crippen molar-refractivity contribution in [3.8, 4) is 0 Å². The van der Waals surface area contributed by atoms with Gasteiger partial charge < -0.3 is 0 Å². The van der Waals surface area contributed by atoms with E-state index < -0.39 is 0 Å².